The van der Waals surface area contributed by atoms with Gasteiger partial charge in [0, 0.05) is 18.8 Å². The van der Waals surface area contributed by atoms with Gasteiger partial charge < -0.3 is 10.2 Å². The van der Waals surface area contributed by atoms with E-state index in [1.807, 2.05) is 30.3 Å². The third-order valence-electron chi connectivity index (χ3n) is 3.43. The topological polar surface area (TPSA) is 56.1 Å². The quantitative estimate of drug-likeness (QED) is 0.896. The van der Waals surface area contributed by atoms with E-state index in [1.165, 1.54) is 0 Å². The van der Waals surface area contributed by atoms with Crippen molar-refractivity contribution in [1.82, 2.24) is 5.32 Å². The van der Waals surface area contributed by atoms with Gasteiger partial charge in [0.05, 0.1) is 18.4 Å². The fourth-order valence-corrected chi connectivity index (χ4v) is 2.42. The number of anilines is 1. The van der Waals surface area contributed by atoms with Crippen LogP contribution in [0.2, 0.25) is 0 Å². The lowest BCUT2D eigenvalue weighted by molar-refractivity contribution is -0.122. The average molecular weight is 257 g/mol. The van der Waals surface area contributed by atoms with E-state index < -0.39 is 0 Å². The van der Waals surface area contributed by atoms with Gasteiger partial charge in [-0.2, -0.15) is 5.26 Å². The van der Waals surface area contributed by atoms with E-state index in [-0.39, 0.29) is 11.8 Å². The maximum Gasteiger partial charge on any atom is 0.231 e. The summed E-state index contributed by atoms with van der Waals surface area (Å²) in [6.07, 6.45) is 2.33. The predicted octanol–water partition coefficient (Wildman–Crippen LogP) is 1.93. The molecule has 4 nitrogen and oxygen atoms in total. The van der Waals surface area contributed by atoms with Gasteiger partial charge in [0.15, 0.2) is 0 Å². The number of nitriles is 1. The van der Waals surface area contributed by atoms with Crippen LogP contribution < -0.4 is 10.2 Å². The van der Waals surface area contributed by atoms with Gasteiger partial charge in [-0.3, -0.25) is 4.79 Å². The Bertz CT molecular complexity index is 446. The van der Waals surface area contributed by atoms with E-state index in [2.05, 4.69) is 11.4 Å². The van der Waals surface area contributed by atoms with E-state index in [0.717, 1.165) is 31.6 Å². The first-order chi connectivity index (χ1) is 9.33. The SMILES string of the molecule is N#CCCN(C(=O)[C@@H]1CCCNC1)c1ccccc1. The molecular formula is C15H19N3O. The Balaban J connectivity index is 2.12. The number of nitrogens with one attached hydrogen (secondary N) is 1. The molecule has 100 valence electrons. The number of benzene rings is 1. The molecule has 0 unspecified atom stereocenters. The highest BCUT2D eigenvalue weighted by Gasteiger charge is 2.26. The molecule has 1 aliphatic rings. The number of para-hydroxylation sites is 1. The second kappa shape index (κ2) is 6.91. The summed E-state index contributed by atoms with van der Waals surface area (Å²) in [6, 6.07) is 11.7. The summed E-state index contributed by atoms with van der Waals surface area (Å²) in [5.74, 6) is 0.168. The fraction of sp³-hybridized carbons (Fsp3) is 0.467. The lowest BCUT2D eigenvalue weighted by Gasteiger charge is -2.29. The summed E-state index contributed by atoms with van der Waals surface area (Å²) in [6.45, 7) is 2.21. The van der Waals surface area contributed by atoms with Crippen LogP contribution in [0.5, 0.6) is 0 Å². The van der Waals surface area contributed by atoms with Crippen LogP contribution >= 0.6 is 0 Å². The number of nitrogens with zero attached hydrogens (tertiary/aromatic N) is 2. The van der Waals surface area contributed by atoms with Crippen molar-refractivity contribution in [1.29, 1.82) is 5.26 Å². The molecule has 2 rings (SSSR count). The van der Waals surface area contributed by atoms with Gasteiger partial charge >= 0.3 is 0 Å². The third kappa shape index (κ3) is 3.55. The van der Waals surface area contributed by atoms with Crippen molar-refractivity contribution in [2.24, 2.45) is 5.92 Å². The largest absolute Gasteiger partial charge is 0.316 e. The molecule has 0 saturated carbocycles. The molecule has 0 aromatic heterocycles. The van der Waals surface area contributed by atoms with Gasteiger partial charge in [0.25, 0.3) is 0 Å². The number of hydrogen-bond acceptors (Lipinski definition) is 3. The van der Waals surface area contributed by atoms with Gasteiger partial charge in [-0.25, -0.2) is 0 Å². The minimum Gasteiger partial charge on any atom is -0.316 e. The number of rotatable bonds is 4. The van der Waals surface area contributed by atoms with Crippen LogP contribution in [-0.2, 0) is 4.79 Å². The second-order valence-corrected chi connectivity index (χ2v) is 4.78. The molecule has 1 N–H and O–H groups in total. The summed E-state index contributed by atoms with van der Waals surface area (Å²) >= 11 is 0. The van der Waals surface area contributed by atoms with E-state index >= 15 is 0 Å². The van der Waals surface area contributed by atoms with Crippen LogP contribution in [0.1, 0.15) is 19.3 Å². The van der Waals surface area contributed by atoms with Crippen molar-refractivity contribution in [3.05, 3.63) is 30.3 Å². The highest BCUT2D eigenvalue weighted by Crippen LogP contribution is 2.20. The monoisotopic (exact) mass is 257 g/mol. The molecule has 19 heavy (non-hydrogen) atoms. The number of piperidine rings is 1. The van der Waals surface area contributed by atoms with E-state index in [0.29, 0.717) is 13.0 Å². The molecule has 1 saturated heterocycles. The Kier molecular flexibility index (Phi) is 4.93. The van der Waals surface area contributed by atoms with Crippen LogP contribution in [0.15, 0.2) is 30.3 Å². The Morgan fingerprint density at radius 1 is 1.42 bits per heavy atom. The molecule has 1 aromatic carbocycles. The highest BCUT2D eigenvalue weighted by molar-refractivity contribution is 5.95. The highest BCUT2D eigenvalue weighted by atomic mass is 16.2. The normalized spacial score (nSPS) is 18.6. The minimum absolute atomic E-state index is 0.0349. The van der Waals surface area contributed by atoms with E-state index in [9.17, 15) is 4.79 Å². The Morgan fingerprint density at radius 2 is 2.21 bits per heavy atom. The zero-order chi connectivity index (χ0) is 13.5. The number of carbonyl (C=O) groups is 1. The van der Waals surface area contributed by atoms with Crippen molar-refractivity contribution in [2.45, 2.75) is 19.3 Å². The van der Waals surface area contributed by atoms with Crippen molar-refractivity contribution in [2.75, 3.05) is 24.5 Å². The molecule has 1 amide bonds. The molecule has 1 aliphatic heterocycles. The van der Waals surface area contributed by atoms with Gasteiger partial charge in [-0.1, -0.05) is 18.2 Å². The van der Waals surface area contributed by atoms with E-state index in [1.54, 1.807) is 4.90 Å². The van der Waals surface area contributed by atoms with Crippen molar-refractivity contribution in [3.63, 3.8) is 0 Å². The van der Waals surface area contributed by atoms with Crippen LogP contribution in [0.3, 0.4) is 0 Å². The number of carbonyl (C=O) groups excluding carboxylic acids is 1. The maximum atomic E-state index is 12.6. The second-order valence-electron chi connectivity index (χ2n) is 4.78. The first-order valence-corrected chi connectivity index (χ1v) is 6.77. The van der Waals surface area contributed by atoms with Gasteiger partial charge in [-0.15, -0.1) is 0 Å². The maximum absolute atomic E-state index is 12.6. The van der Waals surface area contributed by atoms with Crippen LogP contribution in [0.25, 0.3) is 0 Å². The lowest BCUT2D eigenvalue weighted by atomic mass is 9.97. The smallest absolute Gasteiger partial charge is 0.231 e. The molecule has 1 aromatic rings. The average Bonchev–Trinajstić information content (AvgIpc) is 2.49. The zero-order valence-electron chi connectivity index (χ0n) is 11.0. The molecular weight excluding hydrogens is 238 g/mol. The van der Waals surface area contributed by atoms with Crippen LogP contribution in [0.4, 0.5) is 5.69 Å². The molecule has 0 aliphatic carbocycles. The standard InChI is InChI=1S/C15H19N3O/c16-9-5-11-18(14-7-2-1-3-8-14)15(19)13-6-4-10-17-12-13/h1-3,7-8,13,17H,4-6,10-12H2/t13-/m1/s1. The van der Waals surface area contributed by atoms with Gasteiger partial charge in [0.1, 0.15) is 0 Å². The Labute approximate surface area is 114 Å². The Morgan fingerprint density at radius 3 is 2.84 bits per heavy atom. The predicted molar refractivity (Wildman–Crippen MR) is 74.6 cm³/mol. The van der Waals surface area contributed by atoms with Crippen LogP contribution in [0, 0.1) is 17.2 Å². The summed E-state index contributed by atoms with van der Waals surface area (Å²) in [5, 5.41) is 12.0. The zero-order valence-corrected chi connectivity index (χ0v) is 11.0. The molecule has 1 fully saturated rings. The summed E-state index contributed by atoms with van der Waals surface area (Å²) in [4.78, 5) is 14.3. The molecule has 0 radical (unpaired) electrons. The van der Waals surface area contributed by atoms with Gasteiger partial charge in [0.2, 0.25) is 5.91 Å². The fourth-order valence-electron chi connectivity index (χ4n) is 2.42. The first kappa shape index (κ1) is 13.6. The molecule has 0 bridgehead atoms. The summed E-state index contributed by atoms with van der Waals surface area (Å²) in [5.41, 5.74) is 0.883. The van der Waals surface area contributed by atoms with Crippen molar-refractivity contribution >= 4 is 11.6 Å². The van der Waals surface area contributed by atoms with E-state index in [4.69, 9.17) is 5.26 Å². The van der Waals surface area contributed by atoms with Crippen LogP contribution in [-0.4, -0.2) is 25.5 Å². The molecule has 1 heterocycles. The lowest BCUT2D eigenvalue weighted by Crippen LogP contribution is -2.43. The molecule has 0 spiro atoms. The van der Waals surface area contributed by atoms with Crippen molar-refractivity contribution < 1.29 is 4.79 Å². The van der Waals surface area contributed by atoms with Crippen molar-refractivity contribution in [3.8, 4) is 6.07 Å². The summed E-state index contributed by atoms with van der Waals surface area (Å²) in [7, 11) is 0. The van der Waals surface area contributed by atoms with Gasteiger partial charge in [-0.05, 0) is 31.5 Å². The molecule has 4 heteroatoms. The third-order valence-corrected chi connectivity index (χ3v) is 3.43. The number of hydrogen-bond donors (Lipinski definition) is 1. The summed E-state index contributed by atoms with van der Waals surface area (Å²) < 4.78 is 0. The Hall–Kier alpha value is -1.86. The minimum atomic E-state index is 0.0349. The molecule has 1 atom stereocenters. The first-order valence-electron chi connectivity index (χ1n) is 6.77. The number of amides is 1.